The van der Waals surface area contributed by atoms with Crippen LogP contribution in [0.5, 0.6) is 0 Å². The second kappa shape index (κ2) is 13.5. The number of thiazole rings is 1. The fraction of sp³-hybridized carbons (Fsp3) is 0.500. The minimum Gasteiger partial charge on any atom is -0.302 e. The molecule has 0 saturated heterocycles. The van der Waals surface area contributed by atoms with Crippen molar-refractivity contribution >= 4 is 42.6 Å². The minimum absolute atomic E-state index is 0.177. The number of amides is 1. The Morgan fingerprint density at radius 3 is 2.19 bits per heavy atom. The molecule has 9 heteroatoms. The monoisotopic (exact) mass is 544 g/mol. The maximum Gasteiger partial charge on any atom is 0.260 e. The molecule has 1 heterocycles. The van der Waals surface area contributed by atoms with Crippen molar-refractivity contribution in [2.75, 3.05) is 44.2 Å². The van der Waals surface area contributed by atoms with Crippen LogP contribution in [-0.4, -0.2) is 67.8 Å². The number of carbonyl (C=O) groups is 1. The first-order chi connectivity index (χ1) is 17.8. The number of aryl methyl sites for hydroxylation is 1. The Balaban J connectivity index is 1.92. The summed E-state index contributed by atoms with van der Waals surface area (Å²) in [5.74, 6) is -0.177. The second-order valence-corrected chi connectivity index (χ2v) is 12.0. The molecular weight excluding hydrogens is 504 g/mol. The van der Waals surface area contributed by atoms with E-state index in [4.69, 9.17) is 4.98 Å². The summed E-state index contributed by atoms with van der Waals surface area (Å²) in [7, 11) is -3.60. The number of likely N-dealkylation sites (N-methyl/N-ethyl adjacent to an activating group) is 1. The van der Waals surface area contributed by atoms with E-state index in [1.54, 1.807) is 29.2 Å². The highest BCUT2D eigenvalue weighted by atomic mass is 32.2. The summed E-state index contributed by atoms with van der Waals surface area (Å²) < 4.78 is 28.8. The molecule has 3 rings (SSSR count). The van der Waals surface area contributed by atoms with E-state index in [0.717, 1.165) is 49.1 Å². The lowest BCUT2D eigenvalue weighted by atomic mass is 10.2. The Kier molecular flexibility index (Phi) is 10.6. The number of nitrogens with zero attached hydrogens (tertiary/aromatic N) is 4. The third kappa shape index (κ3) is 6.96. The van der Waals surface area contributed by atoms with Gasteiger partial charge in [-0.15, -0.1) is 0 Å². The smallest absolute Gasteiger partial charge is 0.260 e. The van der Waals surface area contributed by atoms with E-state index in [2.05, 4.69) is 37.8 Å². The molecule has 0 bridgehead atoms. The van der Waals surface area contributed by atoms with Gasteiger partial charge in [0.05, 0.1) is 15.1 Å². The Morgan fingerprint density at radius 1 is 0.892 bits per heavy atom. The zero-order chi connectivity index (χ0) is 27.0. The van der Waals surface area contributed by atoms with Crippen molar-refractivity contribution in [1.82, 2.24) is 14.2 Å². The fourth-order valence-electron chi connectivity index (χ4n) is 4.21. The highest BCUT2D eigenvalue weighted by Crippen LogP contribution is 2.31. The molecule has 3 aromatic rings. The van der Waals surface area contributed by atoms with Gasteiger partial charge in [0.15, 0.2) is 5.13 Å². The number of sulfonamides is 1. The van der Waals surface area contributed by atoms with Gasteiger partial charge in [-0.1, -0.05) is 58.4 Å². The SMILES string of the molecule is CCCCN(CC)S(=O)(=O)c1ccc(C(=O)N(CCN(CC)CC)c2nc3ccc(CC)cc3s2)cc1. The maximum absolute atomic E-state index is 13.7. The summed E-state index contributed by atoms with van der Waals surface area (Å²) in [5.41, 5.74) is 2.56. The summed E-state index contributed by atoms with van der Waals surface area (Å²) in [5, 5.41) is 0.661. The van der Waals surface area contributed by atoms with Gasteiger partial charge in [0.25, 0.3) is 5.91 Å². The van der Waals surface area contributed by atoms with Crippen LogP contribution in [0, 0.1) is 0 Å². The lowest BCUT2D eigenvalue weighted by molar-refractivity contribution is 0.0983. The topological polar surface area (TPSA) is 73.8 Å². The molecule has 0 atom stereocenters. The van der Waals surface area contributed by atoms with Crippen LogP contribution < -0.4 is 4.90 Å². The average Bonchev–Trinajstić information content (AvgIpc) is 3.34. The van der Waals surface area contributed by atoms with Crippen LogP contribution in [0.15, 0.2) is 47.4 Å². The zero-order valence-electron chi connectivity index (χ0n) is 22.7. The van der Waals surface area contributed by atoms with Crippen LogP contribution >= 0.6 is 11.3 Å². The molecule has 1 amide bonds. The highest BCUT2D eigenvalue weighted by Gasteiger charge is 2.25. The van der Waals surface area contributed by atoms with Gasteiger partial charge >= 0.3 is 0 Å². The van der Waals surface area contributed by atoms with Gasteiger partial charge < -0.3 is 4.90 Å². The molecule has 37 heavy (non-hydrogen) atoms. The Bertz CT molecular complexity index is 1270. The van der Waals surface area contributed by atoms with E-state index in [1.165, 1.54) is 21.2 Å². The van der Waals surface area contributed by atoms with Gasteiger partial charge in [-0.05, 0) is 67.9 Å². The summed E-state index contributed by atoms with van der Waals surface area (Å²) in [6.07, 6.45) is 2.68. The molecule has 2 aromatic carbocycles. The zero-order valence-corrected chi connectivity index (χ0v) is 24.4. The highest BCUT2D eigenvalue weighted by molar-refractivity contribution is 7.89. The number of anilines is 1. The molecule has 0 spiro atoms. The van der Waals surface area contributed by atoms with Crippen molar-refractivity contribution < 1.29 is 13.2 Å². The number of hydrogen-bond acceptors (Lipinski definition) is 6. The Labute approximate surface area is 226 Å². The largest absolute Gasteiger partial charge is 0.302 e. The first kappa shape index (κ1) is 29.2. The third-order valence-corrected chi connectivity index (χ3v) is 9.74. The van der Waals surface area contributed by atoms with Gasteiger partial charge in [0.2, 0.25) is 10.0 Å². The fourth-order valence-corrected chi connectivity index (χ4v) is 6.76. The summed E-state index contributed by atoms with van der Waals surface area (Å²) in [6.45, 7) is 14.2. The number of hydrogen-bond donors (Lipinski definition) is 0. The van der Waals surface area contributed by atoms with Gasteiger partial charge in [0, 0.05) is 31.7 Å². The molecule has 0 fully saturated rings. The van der Waals surface area contributed by atoms with Crippen LogP contribution in [-0.2, 0) is 16.4 Å². The second-order valence-electron chi connectivity index (χ2n) is 9.01. The number of aromatic nitrogens is 1. The van der Waals surface area contributed by atoms with Crippen LogP contribution in [0.3, 0.4) is 0 Å². The number of benzene rings is 2. The summed E-state index contributed by atoms with van der Waals surface area (Å²) >= 11 is 1.52. The summed E-state index contributed by atoms with van der Waals surface area (Å²) in [6, 6.07) is 12.6. The Hall–Kier alpha value is -2.33. The van der Waals surface area contributed by atoms with E-state index < -0.39 is 10.0 Å². The van der Waals surface area contributed by atoms with Crippen LogP contribution in [0.4, 0.5) is 5.13 Å². The standard InChI is InChI=1S/C28H40N4O3S2/c1-6-11-18-31(10-5)37(34,35)24-15-13-23(14-16-24)27(33)32(20-19-30(8-3)9-4)28-29-25-17-12-22(7-2)21-26(25)36-28/h12-17,21H,6-11,18-20H2,1-5H3. The first-order valence-corrected chi connectivity index (χ1v) is 15.6. The van der Waals surface area contributed by atoms with Gasteiger partial charge in [0.1, 0.15) is 0 Å². The van der Waals surface area contributed by atoms with E-state index in [0.29, 0.717) is 30.3 Å². The van der Waals surface area contributed by atoms with E-state index >= 15 is 0 Å². The molecule has 7 nitrogen and oxygen atoms in total. The minimum atomic E-state index is -3.60. The van der Waals surface area contributed by atoms with Crippen molar-refractivity contribution in [3.63, 3.8) is 0 Å². The van der Waals surface area contributed by atoms with Crippen molar-refractivity contribution in [3.05, 3.63) is 53.6 Å². The van der Waals surface area contributed by atoms with E-state index in [-0.39, 0.29) is 10.8 Å². The van der Waals surface area contributed by atoms with Crippen molar-refractivity contribution in [1.29, 1.82) is 0 Å². The molecule has 0 radical (unpaired) electrons. The van der Waals surface area contributed by atoms with Crippen molar-refractivity contribution in [3.8, 4) is 0 Å². The molecule has 202 valence electrons. The van der Waals surface area contributed by atoms with Crippen LogP contribution in [0.1, 0.15) is 63.4 Å². The van der Waals surface area contributed by atoms with E-state index in [9.17, 15) is 13.2 Å². The van der Waals surface area contributed by atoms with Gasteiger partial charge in [-0.25, -0.2) is 13.4 Å². The molecular formula is C28H40N4O3S2. The number of carbonyl (C=O) groups excluding carboxylic acids is 1. The molecule has 0 unspecified atom stereocenters. The molecule has 0 aliphatic carbocycles. The van der Waals surface area contributed by atoms with Crippen molar-refractivity contribution in [2.45, 2.75) is 58.8 Å². The number of rotatable bonds is 14. The van der Waals surface area contributed by atoms with Crippen LogP contribution in [0.2, 0.25) is 0 Å². The van der Waals surface area contributed by atoms with Gasteiger partial charge in [-0.3, -0.25) is 9.69 Å². The summed E-state index contributed by atoms with van der Waals surface area (Å²) in [4.78, 5) is 22.7. The lowest BCUT2D eigenvalue weighted by Gasteiger charge is -2.25. The van der Waals surface area contributed by atoms with E-state index in [1.807, 2.05) is 19.9 Å². The molecule has 0 aliphatic rings. The lowest BCUT2D eigenvalue weighted by Crippen LogP contribution is -2.39. The molecule has 0 saturated carbocycles. The van der Waals surface area contributed by atoms with Gasteiger partial charge in [-0.2, -0.15) is 4.31 Å². The van der Waals surface area contributed by atoms with Crippen LogP contribution in [0.25, 0.3) is 10.2 Å². The first-order valence-electron chi connectivity index (χ1n) is 13.3. The molecule has 1 aromatic heterocycles. The molecule has 0 aliphatic heterocycles. The number of fused-ring (bicyclic) bond motifs is 1. The third-order valence-electron chi connectivity index (χ3n) is 6.71. The number of unbranched alkanes of at least 4 members (excludes halogenated alkanes) is 1. The predicted molar refractivity (Wildman–Crippen MR) is 154 cm³/mol. The van der Waals surface area contributed by atoms with Crippen molar-refractivity contribution in [2.24, 2.45) is 0 Å². The average molecular weight is 545 g/mol. The molecule has 0 N–H and O–H groups in total. The normalized spacial score (nSPS) is 12.1. The maximum atomic E-state index is 13.7. The quantitative estimate of drug-likeness (QED) is 0.262. The predicted octanol–water partition coefficient (Wildman–Crippen LogP) is 5.66. The Morgan fingerprint density at radius 2 is 1.59 bits per heavy atom.